The van der Waals surface area contributed by atoms with E-state index in [0.29, 0.717) is 18.8 Å². The molecule has 1 aliphatic heterocycles. The maximum Gasteiger partial charge on any atom is 0.270 e. The van der Waals surface area contributed by atoms with Crippen molar-refractivity contribution in [1.29, 1.82) is 0 Å². The minimum atomic E-state index is -3.74. The summed E-state index contributed by atoms with van der Waals surface area (Å²) < 4.78 is 26.9. The lowest BCUT2D eigenvalue weighted by atomic mass is 10.3. The molecular formula is C12H17N3O4S2. The smallest absolute Gasteiger partial charge is 0.270 e. The summed E-state index contributed by atoms with van der Waals surface area (Å²) >= 11 is 1.72. The predicted molar refractivity (Wildman–Crippen MR) is 83.3 cm³/mol. The number of hydrogen-bond donors (Lipinski definition) is 1. The monoisotopic (exact) mass is 331 g/mol. The number of non-ortho nitro benzene ring substituents is 1. The molecule has 0 radical (unpaired) electrons. The Labute approximate surface area is 127 Å². The van der Waals surface area contributed by atoms with E-state index in [9.17, 15) is 18.5 Å². The third kappa shape index (κ3) is 3.30. The highest BCUT2D eigenvalue weighted by Crippen LogP contribution is 2.31. The van der Waals surface area contributed by atoms with Gasteiger partial charge < -0.3 is 5.32 Å². The molecule has 0 bridgehead atoms. The first-order valence-electron chi connectivity index (χ1n) is 6.44. The van der Waals surface area contributed by atoms with Gasteiger partial charge in [0.2, 0.25) is 10.0 Å². The number of rotatable bonds is 4. The lowest BCUT2D eigenvalue weighted by molar-refractivity contribution is -0.385. The number of nitrogens with one attached hydrogen (secondary N) is 1. The van der Waals surface area contributed by atoms with E-state index in [1.54, 1.807) is 18.8 Å². The topological polar surface area (TPSA) is 92.5 Å². The number of benzene rings is 1. The Balaban J connectivity index is 2.47. The first kappa shape index (κ1) is 16.1. The summed E-state index contributed by atoms with van der Waals surface area (Å²) in [6.45, 7) is 2.81. The van der Waals surface area contributed by atoms with Crippen LogP contribution in [-0.4, -0.2) is 48.8 Å². The van der Waals surface area contributed by atoms with Gasteiger partial charge in [0, 0.05) is 43.3 Å². The van der Waals surface area contributed by atoms with Gasteiger partial charge in [0.05, 0.1) is 10.6 Å². The molecule has 2 rings (SSSR count). The fraction of sp³-hybridized carbons (Fsp3) is 0.500. The lowest BCUT2D eigenvalue weighted by Gasteiger charge is -2.30. The zero-order valence-electron chi connectivity index (χ0n) is 11.8. The van der Waals surface area contributed by atoms with Crippen LogP contribution in [0.2, 0.25) is 0 Å². The van der Waals surface area contributed by atoms with E-state index in [2.05, 4.69) is 5.32 Å². The zero-order chi connectivity index (χ0) is 15.6. The fourth-order valence-electron chi connectivity index (χ4n) is 2.19. The Morgan fingerprint density at radius 2 is 2.19 bits per heavy atom. The average molecular weight is 331 g/mol. The van der Waals surface area contributed by atoms with Gasteiger partial charge in [-0.05, 0) is 6.07 Å². The minimum absolute atomic E-state index is 0.0432. The predicted octanol–water partition coefficient (Wildman–Crippen LogP) is 1.76. The molecule has 1 aliphatic rings. The van der Waals surface area contributed by atoms with Gasteiger partial charge in [-0.3, -0.25) is 10.1 Å². The molecule has 1 fully saturated rings. The van der Waals surface area contributed by atoms with Crippen molar-refractivity contribution in [3.05, 3.63) is 28.3 Å². The molecule has 1 saturated heterocycles. The van der Waals surface area contributed by atoms with Crippen LogP contribution in [0.4, 0.5) is 11.4 Å². The van der Waals surface area contributed by atoms with Crippen LogP contribution < -0.4 is 5.32 Å². The normalized spacial score (nSPS) is 20.2. The summed E-state index contributed by atoms with van der Waals surface area (Å²) in [4.78, 5) is 10.2. The van der Waals surface area contributed by atoms with Gasteiger partial charge in [-0.15, -0.1) is 0 Å². The first-order chi connectivity index (χ1) is 9.86. The summed E-state index contributed by atoms with van der Waals surface area (Å²) in [5.74, 6) is 0.726. The van der Waals surface area contributed by atoms with Crippen LogP contribution in [0.25, 0.3) is 0 Å². The Bertz CT molecular complexity index is 648. The summed E-state index contributed by atoms with van der Waals surface area (Å²) in [6, 6.07) is 3.83. The number of nitro benzene ring substituents is 1. The SMILES string of the molecule is CNc1ccc([N+](=O)[O-])cc1S(=O)(=O)N1CCSC(C)C1. The summed E-state index contributed by atoms with van der Waals surface area (Å²) in [5, 5.41) is 13.9. The largest absolute Gasteiger partial charge is 0.387 e. The second kappa shape index (κ2) is 6.20. The Morgan fingerprint density at radius 3 is 2.76 bits per heavy atom. The number of nitro groups is 1. The van der Waals surface area contributed by atoms with Gasteiger partial charge in [0.1, 0.15) is 4.90 Å². The van der Waals surface area contributed by atoms with Crippen LogP contribution in [0.1, 0.15) is 6.92 Å². The average Bonchev–Trinajstić information content (AvgIpc) is 2.46. The molecule has 0 spiro atoms. The van der Waals surface area contributed by atoms with Crippen molar-refractivity contribution < 1.29 is 13.3 Å². The molecule has 1 heterocycles. The molecule has 0 aromatic heterocycles. The van der Waals surface area contributed by atoms with E-state index in [4.69, 9.17) is 0 Å². The van der Waals surface area contributed by atoms with Crippen LogP contribution in [-0.2, 0) is 10.0 Å². The molecule has 1 unspecified atom stereocenters. The van der Waals surface area contributed by atoms with Crippen molar-refractivity contribution in [1.82, 2.24) is 4.31 Å². The highest BCUT2D eigenvalue weighted by Gasteiger charge is 2.31. The van der Waals surface area contributed by atoms with Crippen LogP contribution in [0.3, 0.4) is 0 Å². The highest BCUT2D eigenvalue weighted by molar-refractivity contribution is 8.00. The second-order valence-corrected chi connectivity index (χ2v) is 8.18. The van der Waals surface area contributed by atoms with E-state index < -0.39 is 14.9 Å². The van der Waals surface area contributed by atoms with Gasteiger partial charge in [0.15, 0.2) is 0 Å². The molecule has 1 aromatic carbocycles. The number of thioether (sulfide) groups is 1. The minimum Gasteiger partial charge on any atom is -0.387 e. The van der Waals surface area contributed by atoms with Gasteiger partial charge in [-0.2, -0.15) is 16.1 Å². The molecule has 1 N–H and O–H groups in total. The molecular weight excluding hydrogens is 314 g/mol. The number of anilines is 1. The quantitative estimate of drug-likeness (QED) is 0.667. The molecule has 1 atom stereocenters. The van der Waals surface area contributed by atoms with Crippen LogP contribution in [0, 0.1) is 10.1 Å². The van der Waals surface area contributed by atoms with Crippen LogP contribution >= 0.6 is 11.8 Å². The maximum atomic E-state index is 12.7. The Kier molecular flexibility index (Phi) is 4.74. The van der Waals surface area contributed by atoms with Crippen molar-refractivity contribution in [3.63, 3.8) is 0 Å². The summed E-state index contributed by atoms with van der Waals surface area (Å²) in [6.07, 6.45) is 0. The zero-order valence-corrected chi connectivity index (χ0v) is 13.4. The highest BCUT2D eigenvalue weighted by atomic mass is 32.2. The molecule has 7 nitrogen and oxygen atoms in total. The number of nitrogens with zero attached hydrogens (tertiary/aromatic N) is 2. The van der Waals surface area contributed by atoms with E-state index in [1.165, 1.54) is 16.4 Å². The molecule has 0 aliphatic carbocycles. The molecule has 9 heteroatoms. The van der Waals surface area contributed by atoms with E-state index in [1.807, 2.05) is 6.92 Å². The van der Waals surface area contributed by atoms with Gasteiger partial charge in [-0.1, -0.05) is 6.92 Å². The molecule has 0 saturated carbocycles. The van der Waals surface area contributed by atoms with Crippen molar-refractivity contribution in [2.24, 2.45) is 0 Å². The second-order valence-electron chi connectivity index (χ2n) is 4.73. The van der Waals surface area contributed by atoms with Crippen molar-refractivity contribution in [3.8, 4) is 0 Å². The number of sulfonamides is 1. The van der Waals surface area contributed by atoms with Crippen molar-refractivity contribution in [2.45, 2.75) is 17.1 Å². The Morgan fingerprint density at radius 1 is 1.48 bits per heavy atom. The summed E-state index contributed by atoms with van der Waals surface area (Å²) in [5.41, 5.74) is 0.137. The first-order valence-corrected chi connectivity index (χ1v) is 8.93. The third-order valence-corrected chi connectivity index (χ3v) is 6.31. The summed E-state index contributed by atoms with van der Waals surface area (Å²) in [7, 11) is -2.15. The van der Waals surface area contributed by atoms with Crippen molar-refractivity contribution >= 4 is 33.2 Å². The van der Waals surface area contributed by atoms with E-state index in [0.717, 1.165) is 11.8 Å². The lowest BCUT2D eigenvalue weighted by Crippen LogP contribution is -2.41. The molecule has 116 valence electrons. The van der Waals surface area contributed by atoms with Crippen LogP contribution in [0.5, 0.6) is 0 Å². The maximum absolute atomic E-state index is 12.7. The third-order valence-electron chi connectivity index (χ3n) is 3.27. The molecule has 0 amide bonds. The van der Waals surface area contributed by atoms with Gasteiger partial charge >= 0.3 is 0 Å². The fourth-order valence-corrected chi connectivity index (χ4v) is 5.16. The Hall–Kier alpha value is -1.32. The van der Waals surface area contributed by atoms with Gasteiger partial charge in [0.25, 0.3) is 5.69 Å². The van der Waals surface area contributed by atoms with Crippen molar-refractivity contribution in [2.75, 3.05) is 31.2 Å². The molecule has 21 heavy (non-hydrogen) atoms. The van der Waals surface area contributed by atoms with E-state index in [-0.39, 0.29) is 15.8 Å². The standard InChI is InChI=1S/C12H17N3O4S2/c1-9-8-14(5-6-20-9)21(18,19)12-7-10(15(16)17)3-4-11(12)13-2/h3-4,7,9,13H,5-6,8H2,1-2H3. The van der Waals surface area contributed by atoms with Gasteiger partial charge in [-0.25, -0.2) is 8.42 Å². The molecule has 1 aromatic rings. The number of hydrogen-bond acceptors (Lipinski definition) is 6. The van der Waals surface area contributed by atoms with E-state index >= 15 is 0 Å². The van der Waals surface area contributed by atoms with Crippen LogP contribution in [0.15, 0.2) is 23.1 Å².